The number of hydrogen-bond acceptors (Lipinski definition) is 2. The van der Waals surface area contributed by atoms with Gasteiger partial charge in [-0.3, -0.25) is 11.3 Å². The molecule has 2 heteroatoms. The zero-order chi connectivity index (χ0) is 8.81. The van der Waals surface area contributed by atoms with E-state index in [1.807, 2.05) is 18.2 Å². The zero-order valence-corrected chi connectivity index (χ0v) is 7.09. The molecule has 0 heterocycles. The van der Waals surface area contributed by atoms with Crippen LogP contribution in [0.2, 0.25) is 0 Å². The normalized spacial score (nSPS) is 9.75. The molecule has 0 bridgehead atoms. The molecular formula is C10H14N2. The molecule has 1 aromatic carbocycles. The number of hydrogen-bond donors (Lipinski definition) is 2. The summed E-state index contributed by atoms with van der Waals surface area (Å²) in [6, 6.07) is 10.1. The lowest BCUT2D eigenvalue weighted by molar-refractivity contribution is 0.746. The van der Waals surface area contributed by atoms with Crippen LogP contribution in [0.15, 0.2) is 36.9 Å². The minimum atomic E-state index is 0.772. The quantitative estimate of drug-likeness (QED) is 0.520. The Kier molecular flexibility index (Phi) is 3.51. The Morgan fingerprint density at radius 3 is 2.58 bits per heavy atom. The van der Waals surface area contributed by atoms with Gasteiger partial charge in [0.05, 0.1) is 0 Å². The van der Waals surface area contributed by atoms with Gasteiger partial charge in [-0.05, 0) is 17.6 Å². The first-order chi connectivity index (χ1) is 5.84. The van der Waals surface area contributed by atoms with Gasteiger partial charge in [-0.1, -0.05) is 36.9 Å². The maximum Gasteiger partial charge on any atom is 0.0138 e. The van der Waals surface area contributed by atoms with Crippen LogP contribution in [0, 0.1) is 0 Å². The Balaban J connectivity index is 2.54. The molecular weight excluding hydrogens is 148 g/mol. The monoisotopic (exact) mass is 162 g/mol. The first kappa shape index (κ1) is 8.97. The van der Waals surface area contributed by atoms with Crippen molar-refractivity contribution >= 4 is 5.57 Å². The summed E-state index contributed by atoms with van der Waals surface area (Å²) in [7, 11) is 0. The lowest BCUT2D eigenvalue weighted by Crippen LogP contribution is -2.22. The minimum Gasteiger partial charge on any atom is -0.271 e. The van der Waals surface area contributed by atoms with E-state index in [2.05, 4.69) is 24.1 Å². The Hall–Kier alpha value is -1.12. The van der Waals surface area contributed by atoms with Crippen LogP contribution < -0.4 is 11.3 Å². The molecule has 1 rings (SSSR count). The van der Waals surface area contributed by atoms with E-state index in [0.717, 1.165) is 18.5 Å². The molecule has 12 heavy (non-hydrogen) atoms. The van der Waals surface area contributed by atoms with E-state index in [0.29, 0.717) is 0 Å². The number of benzene rings is 1. The Morgan fingerprint density at radius 1 is 1.33 bits per heavy atom. The van der Waals surface area contributed by atoms with Gasteiger partial charge >= 0.3 is 0 Å². The van der Waals surface area contributed by atoms with Crippen molar-refractivity contribution < 1.29 is 0 Å². The van der Waals surface area contributed by atoms with Crippen LogP contribution in [0.25, 0.3) is 5.57 Å². The van der Waals surface area contributed by atoms with Crippen LogP contribution in [0.5, 0.6) is 0 Å². The van der Waals surface area contributed by atoms with Crippen molar-refractivity contribution in [1.29, 1.82) is 0 Å². The van der Waals surface area contributed by atoms with E-state index in [1.165, 1.54) is 5.56 Å². The SMILES string of the molecule is C=C(CCNN)c1ccccc1. The Bertz CT molecular complexity index is 241. The topological polar surface area (TPSA) is 38.0 Å². The maximum absolute atomic E-state index is 5.16. The largest absolute Gasteiger partial charge is 0.271 e. The smallest absolute Gasteiger partial charge is 0.0138 e. The fourth-order valence-electron chi connectivity index (χ4n) is 1.04. The third-order valence-electron chi connectivity index (χ3n) is 1.75. The van der Waals surface area contributed by atoms with Crippen molar-refractivity contribution in [2.75, 3.05) is 6.54 Å². The van der Waals surface area contributed by atoms with E-state index in [-0.39, 0.29) is 0 Å². The molecule has 0 aliphatic carbocycles. The summed E-state index contributed by atoms with van der Waals surface area (Å²) >= 11 is 0. The minimum absolute atomic E-state index is 0.772. The van der Waals surface area contributed by atoms with Gasteiger partial charge in [0.2, 0.25) is 0 Å². The summed E-state index contributed by atoms with van der Waals surface area (Å²) in [6.45, 7) is 4.74. The molecule has 0 amide bonds. The van der Waals surface area contributed by atoms with E-state index in [9.17, 15) is 0 Å². The van der Waals surface area contributed by atoms with E-state index >= 15 is 0 Å². The van der Waals surface area contributed by atoms with E-state index < -0.39 is 0 Å². The van der Waals surface area contributed by atoms with Crippen molar-refractivity contribution in [1.82, 2.24) is 5.43 Å². The molecule has 0 radical (unpaired) electrons. The molecule has 0 unspecified atom stereocenters. The number of hydrazine groups is 1. The molecule has 0 fully saturated rings. The lowest BCUT2D eigenvalue weighted by Gasteiger charge is -2.04. The van der Waals surface area contributed by atoms with Crippen LogP contribution in [-0.4, -0.2) is 6.54 Å². The van der Waals surface area contributed by atoms with Gasteiger partial charge in [-0.15, -0.1) is 0 Å². The molecule has 64 valence electrons. The van der Waals surface area contributed by atoms with Gasteiger partial charge < -0.3 is 0 Å². The highest BCUT2D eigenvalue weighted by Crippen LogP contribution is 2.13. The van der Waals surface area contributed by atoms with Crippen molar-refractivity contribution in [3.05, 3.63) is 42.5 Å². The highest BCUT2D eigenvalue weighted by atomic mass is 15.2. The highest BCUT2D eigenvalue weighted by Gasteiger charge is 1.95. The summed E-state index contributed by atoms with van der Waals surface area (Å²) in [5.41, 5.74) is 4.91. The van der Waals surface area contributed by atoms with Crippen LogP contribution >= 0.6 is 0 Å². The summed E-state index contributed by atoms with van der Waals surface area (Å²) in [4.78, 5) is 0. The second-order valence-electron chi connectivity index (χ2n) is 2.67. The lowest BCUT2D eigenvalue weighted by atomic mass is 10.1. The molecule has 2 nitrogen and oxygen atoms in total. The summed E-state index contributed by atoms with van der Waals surface area (Å²) in [5.74, 6) is 5.16. The first-order valence-electron chi connectivity index (χ1n) is 4.01. The van der Waals surface area contributed by atoms with Gasteiger partial charge in [0.15, 0.2) is 0 Å². The van der Waals surface area contributed by atoms with Gasteiger partial charge in [-0.2, -0.15) is 0 Å². The summed E-state index contributed by atoms with van der Waals surface area (Å²) in [5, 5.41) is 0. The Morgan fingerprint density at radius 2 is 2.00 bits per heavy atom. The number of nitrogens with two attached hydrogens (primary N) is 1. The average molecular weight is 162 g/mol. The molecule has 0 aromatic heterocycles. The van der Waals surface area contributed by atoms with Gasteiger partial charge in [0.1, 0.15) is 0 Å². The molecule has 0 aliphatic rings. The molecule has 0 spiro atoms. The zero-order valence-electron chi connectivity index (χ0n) is 7.09. The van der Waals surface area contributed by atoms with E-state index in [4.69, 9.17) is 5.84 Å². The van der Waals surface area contributed by atoms with Gasteiger partial charge in [-0.25, -0.2) is 0 Å². The van der Waals surface area contributed by atoms with Crippen LogP contribution in [0.1, 0.15) is 12.0 Å². The van der Waals surface area contributed by atoms with E-state index in [1.54, 1.807) is 0 Å². The standard InChI is InChI=1S/C10H14N2/c1-9(7-8-12-11)10-5-3-2-4-6-10/h2-6,12H,1,7-8,11H2. The third kappa shape index (κ3) is 2.49. The second-order valence-corrected chi connectivity index (χ2v) is 2.67. The number of rotatable bonds is 4. The van der Waals surface area contributed by atoms with Crippen LogP contribution in [0.3, 0.4) is 0 Å². The van der Waals surface area contributed by atoms with Crippen LogP contribution in [-0.2, 0) is 0 Å². The first-order valence-corrected chi connectivity index (χ1v) is 4.01. The molecule has 0 saturated heterocycles. The second kappa shape index (κ2) is 4.70. The molecule has 0 saturated carbocycles. The summed E-state index contributed by atoms with van der Waals surface area (Å²) < 4.78 is 0. The molecule has 3 N–H and O–H groups in total. The highest BCUT2D eigenvalue weighted by molar-refractivity contribution is 5.63. The van der Waals surface area contributed by atoms with Crippen molar-refractivity contribution in [2.45, 2.75) is 6.42 Å². The predicted octanol–water partition coefficient (Wildman–Crippen LogP) is 1.55. The fraction of sp³-hybridized carbons (Fsp3) is 0.200. The summed E-state index contributed by atoms with van der Waals surface area (Å²) in [6.07, 6.45) is 0.889. The van der Waals surface area contributed by atoms with Crippen molar-refractivity contribution in [3.8, 4) is 0 Å². The van der Waals surface area contributed by atoms with Gasteiger partial charge in [0, 0.05) is 6.54 Å². The maximum atomic E-state index is 5.16. The fourth-order valence-corrected chi connectivity index (χ4v) is 1.04. The van der Waals surface area contributed by atoms with Crippen molar-refractivity contribution in [2.24, 2.45) is 5.84 Å². The van der Waals surface area contributed by atoms with Crippen LogP contribution in [0.4, 0.5) is 0 Å². The Labute approximate surface area is 73.1 Å². The number of nitrogens with one attached hydrogen (secondary N) is 1. The average Bonchev–Trinajstić information content (AvgIpc) is 2.15. The third-order valence-corrected chi connectivity index (χ3v) is 1.75. The molecule has 0 atom stereocenters. The predicted molar refractivity (Wildman–Crippen MR) is 52.3 cm³/mol. The molecule has 0 aliphatic heterocycles. The van der Waals surface area contributed by atoms with Crippen molar-refractivity contribution in [3.63, 3.8) is 0 Å². The molecule has 1 aromatic rings. The van der Waals surface area contributed by atoms with Gasteiger partial charge in [0.25, 0.3) is 0 Å².